The summed E-state index contributed by atoms with van der Waals surface area (Å²) in [5.74, 6) is -0.993. The lowest BCUT2D eigenvalue weighted by Crippen LogP contribution is -2.57. The van der Waals surface area contributed by atoms with Crippen LogP contribution in [0.15, 0.2) is 24.3 Å². The number of ether oxygens (including phenoxy) is 1. The molecule has 1 aromatic carbocycles. The molecule has 1 fully saturated rings. The van der Waals surface area contributed by atoms with E-state index in [9.17, 15) is 9.59 Å². The summed E-state index contributed by atoms with van der Waals surface area (Å²) in [4.78, 5) is 24.0. The third-order valence-electron chi connectivity index (χ3n) is 3.84. The molecule has 0 aliphatic carbocycles. The Bertz CT molecular complexity index is 522. The molecular weight excluding hydrogens is 300 g/mol. The molecule has 0 radical (unpaired) electrons. The average molecular weight is 322 g/mol. The van der Waals surface area contributed by atoms with Crippen LogP contribution in [0.25, 0.3) is 0 Å². The van der Waals surface area contributed by atoms with Gasteiger partial charge in [0.2, 0.25) is 0 Å². The number of nitrogens with zero attached hydrogens (tertiary/aromatic N) is 1. The number of aliphatic carboxylic acids is 2. The van der Waals surface area contributed by atoms with Gasteiger partial charge in [-0.3, -0.25) is 14.5 Å². The zero-order chi connectivity index (χ0) is 16.8. The maximum Gasteiger partial charge on any atom is 0.304 e. The minimum absolute atomic E-state index is 0.0186. The molecule has 0 saturated carbocycles. The zero-order valence-electron chi connectivity index (χ0n) is 13.1. The van der Waals surface area contributed by atoms with Crippen LogP contribution in [0.2, 0.25) is 0 Å². The predicted molar refractivity (Wildman–Crippen MR) is 83.5 cm³/mol. The Kier molecular flexibility index (Phi) is 5.95. The number of methoxy groups -OCH3 is 1. The van der Waals surface area contributed by atoms with Crippen LogP contribution in [-0.2, 0) is 16.1 Å². The third-order valence-corrected chi connectivity index (χ3v) is 3.84. The molecule has 7 heteroatoms. The largest absolute Gasteiger partial charge is 0.497 e. The molecule has 0 aromatic heterocycles. The molecule has 0 spiro atoms. The molecule has 1 aliphatic heterocycles. The van der Waals surface area contributed by atoms with Crippen LogP contribution in [-0.4, -0.2) is 59.3 Å². The fourth-order valence-electron chi connectivity index (χ4n) is 2.92. The summed E-state index contributed by atoms with van der Waals surface area (Å²) >= 11 is 0. The van der Waals surface area contributed by atoms with Crippen molar-refractivity contribution >= 4 is 11.9 Å². The predicted octanol–water partition coefficient (Wildman–Crippen LogP) is 0.787. The fourth-order valence-corrected chi connectivity index (χ4v) is 2.92. The van der Waals surface area contributed by atoms with Crippen molar-refractivity contribution in [1.29, 1.82) is 0 Å². The second kappa shape index (κ2) is 7.94. The lowest BCUT2D eigenvalue weighted by Gasteiger charge is -2.38. The Morgan fingerprint density at radius 3 is 2.09 bits per heavy atom. The number of benzene rings is 1. The number of carboxylic acids is 2. The molecule has 7 nitrogen and oxygen atoms in total. The van der Waals surface area contributed by atoms with Crippen molar-refractivity contribution in [2.45, 2.75) is 31.5 Å². The van der Waals surface area contributed by atoms with Gasteiger partial charge in [0.05, 0.1) is 20.0 Å². The first-order valence-electron chi connectivity index (χ1n) is 7.51. The standard InChI is InChI=1S/C16H22N2O5/c1-23-14-4-2-11(3-5-14)8-18-9-12(6-15(19)20)17-13(10-18)7-16(21)22/h2-5,12-13,17H,6-10H2,1H3,(H,19,20)(H,21,22). The molecule has 1 aliphatic rings. The first-order chi connectivity index (χ1) is 11.0. The molecule has 1 heterocycles. The lowest BCUT2D eigenvalue weighted by molar-refractivity contribution is -0.138. The minimum Gasteiger partial charge on any atom is -0.497 e. The highest BCUT2D eigenvalue weighted by molar-refractivity contribution is 5.68. The number of piperazine rings is 1. The van der Waals surface area contributed by atoms with E-state index in [1.165, 1.54) is 0 Å². The van der Waals surface area contributed by atoms with Gasteiger partial charge in [-0.2, -0.15) is 0 Å². The number of carboxylic acid groups (broad SMARTS) is 2. The topological polar surface area (TPSA) is 99.1 Å². The van der Waals surface area contributed by atoms with Crippen molar-refractivity contribution in [3.8, 4) is 5.75 Å². The Hall–Kier alpha value is -2.12. The van der Waals surface area contributed by atoms with E-state index in [4.69, 9.17) is 14.9 Å². The summed E-state index contributed by atoms with van der Waals surface area (Å²) in [6.45, 7) is 1.81. The molecule has 2 unspecified atom stereocenters. The fraction of sp³-hybridized carbons (Fsp3) is 0.500. The van der Waals surface area contributed by atoms with Crippen molar-refractivity contribution in [1.82, 2.24) is 10.2 Å². The van der Waals surface area contributed by atoms with E-state index < -0.39 is 11.9 Å². The zero-order valence-corrected chi connectivity index (χ0v) is 13.1. The second-order valence-electron chi connectivity index (χ2n) is 5.80. The third kappa shape index (κ3) is 5.54. The monoisotopic (exact) mass is 322 g/mol. The molecule has 0 amide bonds. The van der Waals surface area contributed by atoms with E-state index in [0.717, 1.165) is 11.3 Å². The van der Waals surface area contributed by atoms with Crippen molar-refractivity contribution < 1.29 is 24.5 Å². The highest BCUT2D eigenvalue weighted by Crippen LogP contribution is 2.16. The molecule has 2 rings (SSSR count). The van der Waals surface area contributed by atoms with E-state index in [1.54, 1.807) is 7.11 Å². The smallest absolute Gasteiger partial charge is 0.304 e. The van der Waals surface area contributed by atoms with Crippen LogP contribution in [0.5, 0.6) is 5.75 Å². The van der Waals surface area contributed by atoms with Gasteiger partial charge in [0.15, 0.2) is 0 Å². The van der Waals surface area contributed by atoms with Gasteiger partial charge in [0.25, 0.3) is 0 Å². The van der Waals surface area contributed by atoms with Gasteiger partial charge in [-0.05, 0) is 17.7 Å². The van der Waals surface area contributed by atoms with Crippen LogP contribution < -0.4 is 10.1 Å². The maximum absolute atomic E-state index is 10.9. The van der Waals surface area contributed by atoms with Crippen LogP contribution in [0.4, 0.5) is 0 Å². The SMILES string of the molecule is COc1ccc(CN2CC(CC(=O)O)NC(CC(=O)O)C2)cc1. The van der Waals surface area contributed by atoms with Gasteiger partial charge >= 0.3 is 11.9 Å². The quantitative estimate of drug-likeness (QED) is 0.682. The lowest BCUT2D eigenvalue weighted by atomic mass is 10.0. The van der Waals surface area contributed by atoms with Crippen molar-refractivity contribution in [2.75, 3.05) is 20.2 Å². The Labute approximate surface area is 134 Å². The summed E-state index contributed by atoms with van der Waals surface area (Å²) in [5, 5.41) is 21.1. The maximum atomic E-state index is 10.9. The molecule has 126 valence electrons. The highest BCUT2D eigenvalue weighted by atomic mass is 16.5. The molecule has 0 bridgehead atoms. The second-order valence-corrected chi connectivity index (χ2v) is 5.80. The molecule has 2 atom stereocenters. The van der Waals surface area contributed by atoms with E-state index in [-0.39, 0.29) is 24.9 Å². The van der Waals surface area contributed by atoms with Gasteiger partial charge in [0.1, 0.15) is 5.75 Å². The Morgan fingerprint density at radius 1 is 1.13 bits per heavy atom. The van der Waals surface area contributed by atoms with Gasteiger partial charge in [0, 0.05) is 31.7 Å². The molecule has 1 aromatic rings. The molecule has 1 saturated heterocycles. The van der Waals surface area contributed by atoms with Gasteiger partial charge in [-0.25, -0.2) is 0 Å². The normalized spacial score (nSPS) is 21.8. The van der Waals surface area contributed by atoms with Crippen LogP contribution in [0.3, 0.4) is 0 Å². The van der Waals surface area contributed by atoms with E-state index in [0.29, 0.717) is 19.6 Å². The Balaban J connectivity index is 2.02. The summed E-state index contributed by atoms with van der Waals surface area (Å²) in [6.07, 6.45) is -0.0372. The summed E-state index contributed by atoms with van der Waals surface area (Å²) < 4.78 is 5.13. The summed E-state index contributed by atoms with van der Waals surface area (Å²) in [7, 11) is 1.61. The number of nitrogens with one attached hydrogen (secondary N) is 1. The minimum atomic E-state index is -0.886. The van der Waals surface area contributed by atoms with Crippen LogP contribution in [0.1, 0.15) is 18.4 Å². The van der Waals surface area contributed by atoms with E-state index in [2.05, 4.69) is 10.2 Å². The van der Waals surface area contributed by atoms with E-state index >= 15 is 0 Å². The van der Waals surface area contributed by atoms with Crippen LogP contribution in [0, 0.1) is 0 Å². The van der Waals surface area contributed by atoms with Gasteiger partial charge in [-0.15, -0.1) is 0 Å². The number of hydrogen-bond donors (Lipinski definition) is 3. The first-order valence-corrected chi connectivity index (χ1v) is 7.51. The van der Waals surface area contributed by atoms with Gasteiger partial charge in [-0.1, -0.05) is 12.1 Å². The van der Waals surface area contributed by atoms with Crippen molar-refractivity contribution in [3.05, 3.63) is 29.8 Å². The van der Waals surface area contributed by atoms with Crippen molar-refractivity contribution in [2.24, 2.45) is 0 Å². The Morgan fingerprint density at radius 2 is 1.65 bits per heavy atom. The number of carbonyl (C=O) groups is 2. The number of rotatable bonds is 7. The summed E-state index contributed by atoms with van der Waals surface area (Å²) in [5.41, 5.74) is 1.08. The van der Waals surface area contributed by atoms with Crippen molar-refractivity contribution in [3.63, 3.8) is 0 Å². The van der Waals surface area contributed by atoms with Gasteiger partial charge < -0.3 is 20.3 Å². The van der Waals surface area contributed by atoms with E-state index in [1.807, 2.05) is 24.3 Å². The number of hydrogen-bond acceptors (Lipinski definition) is 5. The first kappa shape index (κ1) is 17.2. The highest BCUT2D eigenvalue weighted by Gasteiger charge is 2.29. The average Bonchev–Trinajstić information content (AvgIpc) is 2.46. The molecule has 3 N–H and O–H groups in total. The van der Waals surface area contributed by atoms with Crippen LogP contribution >= 0.6 is 0 Å². The molecule has 23 heavy (non-hydrogen) atoms. The summed E-state index contributed by atoms with van der Waals surface area (Å²) in [6, 6.07) is 7.17. The molecular formula is C16H22N2O5.